The molecule has 0 bridgehead atoms. The molecule has 1 aliphatic heterocycles. The standard InChI is InChI=1S/C17H24FNO4/c1-3-7-17(11-20)8-9-19(10-14(17)21)16(22)12-5-4-6-13(23-2)15(12)18/h4-6,14,20-21H,3,7-11H2,1-2H3/t14-,17-/m1/s1. The quantitative estimate of drug-likeness (QED) is 0.866. The summed E-state index contributed by atoms with van der Waals surface area (Å²) < 4.78 is 19.1. The van der Waals surface area contributed by atoms with Crippen molar-refractivity contribution in [3.8, 4) is 5.75 Å². The van der Waals surface area contributed by atoms with Crippen molar-refractivity contribution < 1.29 is 24.1 Å². The number of piperidine rings is 1. The van der Waals surface area contributed by atoms with Crippen LogP contribution in [0.2, 0.25) is 0 Å². The smallest absolute Gasteiger partial charge is 0.257 e. The zero-order chi connectivity index (χ0) is 17.0. The van der Waals surface area contributed by atoms with Crippen LogP contribution < -0.4 is 4.74 Å². The number of hydrogen-bond acceptors (Lipinski definition) is 4. The van der Waals surface area contributed by atoms with E-state index in [0.29, 0.717) is 19.4 Å². The van der Waals surface area contributed by atoms with Gasteiger partial charge in [-0.15, -0.1) is 0 Å². The molecule has 1 fully saturated rings. The summed E-state index contributed by atoms with van der Waals surface area (Å²) in [6.45, 7) is 2.36. The van der Waals surface area contributed by atoms with Crippen LogP contribution in [0, 0.1) is 11.2 Å². The van der Waals surface area contributed by atoms with Gasteiger partial charge in [0.05, 0.1) is 25.4 Å². The van der Waals surface area contributed by atoms with E-state index in [1.54, 1.807) is 6.07 Å². The van der Waals surface area contributed by atoms with Crippen LogP contribution in [0.25, 0.3) is 0 Å². The van der Waals surface area contributed by atoms with Crippen LogP contribution >= 0.6 is 0 Å². The van der Waals surface area contributed by atoms with E-state index < -0.39 is 23.2 Å². The Morgan fingerprint density at radius 2 is 2.26 bits per heavy atom. The van der Waals surface area contributed by atoms with Gasteiger partial charge < -0.3 is 19.8 Å². The minimum atomic E-state index is -0.821. The van der Waals surface area contributed by atoms with Crippen LogP contribution in [0.15, 0.2) is 18.2 Å². The van der Waals surface area contributed by atoms with E-state index in [1.807, 2.05) is 6.92 Å². The van der Waals surface area contributed by atoms with E-state index in [4.69, 9.17) is 4.74 Å². The first-order valence-electron chi connectivity index (χ1n) is 7.89. The van der Waals surface area contributed by atoms with Gasteiger partial charge in [0.15, 0.2) is 11.6 Å². The topological polar surface area (TPSA) is 70.0 Å². The second-order valence-electron chi connectivity index (χ2n) is 6.11. The normalized spacial score (nSPS) is 24.6. The van der Waals surface area contributed by atoms with Gasteiger partial charge in [0, 0.05) is 18.5 Å². The van der Waals surface area contributed by atoms with Crippen LogP contribution in [0.4, 0.5) is 4.39 Å². The third-order valence-electron chi connectivity index (χ3n) is 4.74. The molecule has 0 radical (unpaired) electrons. The van der Waals surface area contributed by atoms with Crippen molar-refractivity contribution in [2.45, 2.75) is 32.3 Å². The number of benzene rings is 1. The molecule has 1 heterocycles. The van der Waals surface area contributed by atoms with Crippen molar-refractivity contribution in [3.63, 3.8) is 0 Å². The second kappa shape index (κ2) is 7.27. The zero-order valence-corrected chi connectivity index (χ0v) is 13.6. The maximum Gasteiger partial charge on any atom is 0.257 e. The minimum Gasteiger partial charge on any atom is -0.494 e. The van der Waals surface area contributed by atoms with Crippen molar-refractivity contribution in [3.05, 3.63) is 29.6 Å². The van der Waals surface area contributed by atoms with Gasteiger partial charge in [-0.05, 0) is 25.0 Å². The number of amides is 1. The Hall–Kier alpha value is -1.66. The maximum atomic E-state index is 14.2. The number of aliphatic hydroxyl groups is 2. The van der Waals surface area contributed by atoms with Crippen molar-refractivity contribution in [1.29, 1.82) is 0 Å². The van der Waals surface area contributed by atoms with E-state index in [2.05, 4.69) is 0 Å². The largest absolute Gasteiger partial charge is 0.494 e. The maximum absolute atomic E-state index is 14.2. The molecule has 2 rings (SSSR count). The fourth-order valence-electron chi connectivity index (χ4n) is 3.26. The highest BCUT2D eigenvalue weighted by atomic mass is 19.1. The number of likely N-dealkylation sites (tertiary alicyclic amines) is 1. The van der Waals surface area contributed by atoms with Gasteiger partial charge in [0.25, 0.3) is 5.91 Å². The van der Waals surface area contributed by atoms with Gasteiger partial charge in [-0.3, -0.25) is 4.79 Å². The fourth-order valence-corrected chi connectivity index (χ4v) is 3.26. The molecule has 1 aromatic carbocycles. The molecule has 1 amide bonds. The van der Waals surface area contributed by atoms with Crippen molar-refractivity contribution in [1.82, 2.24) is 4.90 Å². The molecule has 6 heteroatoms. The number of rotatable bonds is 5. The van der Waals surface area contributed by atoms with Crippen molar-refractivity contribution in [2.24, 2.45) is 5.41 Å². The van der Waals surface area contributed by atoms with E-state index in [-0.39, 0.29) is 24.5 Å². The Morgan fingerprint density at radius 3 is 2.83 bits per heavy atom. The predicted octanol–water partition coefficient (Wildman–Crippen LogP) is 1.82. The average molecular weight is 325 g/mol. The predicted molar refractivity (Wildman–Crippen MR) is 83.9 cm³/mol. The summed E-state index contributed by atoms with van der Waals surface area (Å²) in [4.78, 5) is 14.0. The van der Waals surface area contributed by atoms with Gasteiger partial charge in [-0.2, -0.15) is 0 Å². The molecule has 128 valence electrons. The molecule has 2 N–H and O–H groups in total. The fraction of sp³-hybridized carbons (Fsp3) is 0.588. The molecule has 0 aromatic heterocycles. The highest BCUT2D eigenvalue weighted by molar-refractivity contribution is 5.95. The summed E-state index contributed by atoms with van der Waals surface area (Å²) >= 11 is 0. The van der Waals surface area contributed by atoms with Crippen LogP contribution in [0.5, 0.6) is 5.75 Å². The van der Waals surface area contributed by atoms with Gasteiger partial charge in [0.1, 0.15) is 0 Å². The number of halogens is 1. The summed E-state index contributed by atoms with van der Waals surface area (Å²) in [7, 11) is 1.34. The Kier molecular flexibility index (Phi) is 5.59. The van der Waals surface area contributed by atoms with Gasteiger partial charge in [-0.25, -0.2) is 4.39 Å². The van der Waals surface area contributed by atoms with Crippen molar-refractivity contribution in [2.75, 3.05) is 26.8 Å². The van der Waals surface area contributed by atoms with Crippen LogP contribution in [-0.2, 0) is 0 Å². The Bertz CT molecular complexity index is 566. The zero-order valence-electron chi connectivity index (χ0n) is 13.6. The van der Waals surface area contributed by atoms with E-state index in [1.165, 1.54) is 24.1 Å². The number of β-amino-alcohol motifs (C(OH)–C–C–N with tert-alkyl or cyclic N) is 1. The molecular formula is C17H24FNO4. The van der Waals surface area contributed by atoms with E-state index in [0.717, 1.165) is 6.42 Å². The lowest BCUT2D eigenvalue weighted by atomic mass is 9.73. The molecule has 1 saturated heterocycles. The minimum absolute atomic E-state index is 0.0177. The van der Waals surface area contributed by atoms with E-state index in [9.17, 15) is 19.4 Å². The summed E-state index contributed by atoms with van der Waals surface area (Å²) in [5.41, 5.74) is -0.637. The molecule has 1 aliphatic rings. The Balaban J connectivity index is 2.17. The lowest BCUT2D eigenvalue weighted by molar-refractivity contribution is -0.0714. The number of nitrogens with zero attached hydrogens (tertiary/aromatic N) is 1. The highest BCUT2D eigenvalue weighted by Gasteiger charge is 2.42. The molecule has 2 atom stereocenters. The van der Waals surface area contributed by atoms with Crippen LogP contribution in [0.3, 0.4) is 0 Å². The molecule has 23 heavy (non-hydrogen) atoms. The molecule has 0 saturated carbocycles. The summed E-state index contributed by atoms with van der Waals surface area (Å²) in [6.07, 6.45) is 1.21. The van der Waals surface area contributed by atoms with Crippen molar-refractivity contribution >= 4 is 5.91 Å². The van der Waals surface area contributed by atoms with Gasteiger partial charge in [0.2, 0.25) is 0 Å². The lowest BCUT2D eigenvalue weighted by Gasteiger charge is -2.44. The number of ether oxygens (including phenoxy) is 1. The first-order chi connectivity index (χ1) is 11.0. The second-order valence-corrected chi connectivity index (χ2v) is 6.11. The van der Waals surface area contributed by atoms with Crippen LogP contribution in [0.1, 0.15) is 36.5 Å². The number of methoxy groups -OCH3 is 1. The molecule has 0 unspecified atom stereocenters. The number of carbonyl (C=O) groups is 1. The summed E-state index contributed by atoms with van der Waals surface area (Å²) in [5.74, 6) is -1.14. The SMILES string of the molecule is CCC[C@]1(CO)CCN(C(=O)c2cccc(OC)c2F)C[C@H]1O. The van der Waals surface area contributed by atoms with Gasteiger partial charge >= 0.3 is 0 Å². The van der Waals surface area contributed by atoms with Gasteiger partial charge in [-0.1, -0.05) is 19.4 Å². The summed E-state index contributed by atoms with van der Waals surface area (Å²) in [5, 5.41) is 20.1. The highest BCUT2D eigenvalue weighted by Crippen LogP contribution is 2.36. The summed E-state index contributed by atoms with van der Waals surface area (Å²) in [6, 6.07) is 4.42. The molecule has 0 aliphatic carbocycles. The lowest BCUT2D eigenvalue weighted by Crippen LogP contribution is -2.54. The monoisotopic (exact) mass is 325 g/mol. The first-order valence-corrected chi connectivity index (χ1v) is 7.89. The third-order valence-corrected chi connectivity index (χ3v) is 4.74. The molecule has 5 nitrogen and oxygen atoms in total. The molecule has 1 aromatic rings. The molecular weight excluding hydrogens is 301 g/mol. The molecule has 0 spiro atoms. The first kappa shape index (κ1) is 17.7. The number of carbonyl (C=O) groups excluding carboxylic acids is 1. The number of aliphatic hydroxyl groups excluding tert-OH is 2. The van der Waals surface area contributed by atoms with Crippen LogP contribution in [-0.4, -0.2) is 53.9 Å². The Morgan fingerprint density at radius 1 is 1.52 bits per heavy atom. The van der Waals surface area contributed by atoms with E-state index >= 15 is 0 Å². The number of hydrogen-bond donors (Lipinski definition) is 2. The average Bonchev–Trinajstić information content (AvgIpc) is 2.56. The third kappa shape index (κ3) is 3.33. The Labute approximate surface area is 135 Å².